The van der Waals surface area contributed by atoms with Crippen molar-refractivity contribution in [2.24, 2.45) is 17.3 Å². The third kappa shape index (κ3) is 3.03. The highest BCUT2D eigenvalue weighted by Gasteiger charge is 2.52. The minimum absolute atomic E-state index is 0.243. The highest BCUT2D eigenvalue weighted by molar-refractivity contribution is 5.82. The first-order valence-corrected chi connectivity index (χ1v) is 5.66. The number of hydrogen-bond acceptors (Lipinski definition) is 3. The quantitative estimate of drug-likeness (QED) is 0.827. The molecule has 1 saturated heterocycles. The second-order valence-corrected chi connectivity index (χ2v) is 5.67. The molecule has 5 heteroatoms. The van der Waals surface area contributed by atoms with E-state index in [1.54, 1.807) is 0 Å². The Kier molecular flexibility index (Phi) is 3.91. The average molecular weight is 246 g/mol. The van der Waals surface area contributed by atoms with Crippen molar-refractivity contribution in [1.82, 2.24) is 0 Å². The van der Waals surface area contributed by atoms with E-state index in [0.717, 1.165) is 0 Å². The summed E-state index contributed by atoms with van der Waals surface area (Å²) in [6.07, 6.45) is -2.76. The molecule has 98 valence electrons. The van der Waals surface area contributed by atoms with Crippen molar-refractivity contribution in [3.8, 4) is 0 Å². The van der Waals surface area contributed by atoms with Crippen LogP contribution in [0.3, 0.4) is 0 Å². The first-order chi connectivity index (χ1) is 7.64. The van der Waals surface area contributed by atoms with Crippen molar-refractivity contribution >= 4 is 11.8 Å². The minimum atomic E-state index is -1.58. The number of Topliss-reactive ketones (excluding diaryl/α,β-unsaturated/α-hetero) is 1. The Morgan fingerprint density at radius 3 is 2.24 bits per heavy atom. The summed E-state index contributed by atoms with van der Waals surface area (Å²) in [5.41, 5.74) is -0.441. The molecule has 1 N–H and O–H groups in total. The van der Waals surface area contributed by atoms with Gasteiger partial charge < -0.3 is 9.84 Å². The van der Waals surface area contributed by atoms with Crippen molar-refractivity contribution in [1.29, 1.82) is 0 Å². The maximum absolute atomic E-state index is 13.8. The molecule has 17 heavy (non-hydrogen) atoms. The van der Waals surface area contributed by atoms with Gasteiger partial charge in [0.05, 0.1) is 6.42 Å². The van der Waals surface area contributed by atoms with Gasteiger partial charge in [0.15, 0.2) is 5.78 Å². The lowest BCUT2D eigenvalue weighted by Gasteiger charge is -2.31. The molecule has 1 aliphatic heterocycles. The van der Waals surface area contributed by atoms with Gasteiger partial charge in [0.2, 0.25) is 6.36 Å². The van der Waals surface area contributed by atoms with Crippen LogP contribution in [0.5, 0.6) is 0 Å². The number of ether oxygens (including phenoxy) is 1. The topological polar surface area (TPSA) is 63.6 Å². The number of ketones is 1. The standard InChI is InChI=1S/C12H19FO4/c1-6(14)10-7(5-8(15)16)9(11(13)17-10)12(2,3)4/h7,9-11H,5H2,1-4H3,(H,15,16)/t7-,9+,10+,11?/m1/s1. The molecule has 0 bridgehead atoms. The van der Waals surface area contributed by atoms with E-state index in [-0.39, 0.29) is 12.2 Å². The maximum Gasteiger partial charge on any atom is 0.303 e. The van der Waals surface area contributed by atoms with Crippen LogP contribution in [0, 0.1) is 17.3 Å². The molecule has 0 amide bonds. The van der Waals surface area contributed by atoms with Crippen molar-refractivity contribution in [3.05, 3.63) is 0 Å². The number of hydrogen-bond donors (Lipinski definition) is 1. The SMILES string of the molecule is CC(=O)[C@@H]1OC(F)[C@@H](C(C)(C)C)[C@H]1CC(=O)O. The van der Waals surface area contributed by atoms with Crippen LogP contribution in [0.25, 0.3) is 0 Å². The Morgan fingerprint density at radius 1 is 1.35 bits per heavy atom. The molecule has 1 rings (SSSR count). The summed E-state index contributed by atoms with van der Waals surface area (Å²) in [5.74, 6) is -2.52. The third-order valence-corrected chi connectivity index (χ3v) is 3.22. The Balaban J connectivity index is 3.01. The van der Waals surface area contributed by atoms with Gasteiger partial charge in [-0.15, -0.1) is 0 Å². The summed E-state index contributed by atoms with van der Waals surface area (Å²) in [6, 6.07) is 0. The lowest BCUT2D eigenvalue weighted by atomic mass is 9.71. The fraction of sp³-hybridized carbons (Fsp3) is 0.833. The second-order valence-electron chi connectivity index (χ2n) is 5.67. The largest absolute Gasteiger partial charge is 0.481 e. The molecule has 0 aromatic rings. The van der Waals surface area contributed by atoms with E-state index in [1.807, 2.05) is 20.8 Å². The molecule has 0 aromatic heterocycles. The highest BCUT2D eigenvalue weighted by atomic mass is 19.1. The van der Waals surface area contributed by atoms with E-state index in [0.29, 0.717) is 0 Å². The molecule has 4 atom stereocenters. The highest BCUT2D eigenvalue weighted by Crippen LogP contribution is 2.46. The van der Waals surface area contributed by atoms with Crippen molar-refractivity contribution < 1.29 is 23.8 Å². The number of carbonyl (C=O) groups excluding carboxylic acids is 1. The summed E-state index contributed by atoms with van der Waals surface area (Å²) in [4.78, 5) is 22.2. The molecule has 0 saturated carbocycles. The lowest BCUT2D eigenvalue weighted by molar-refractivity contribution is -0.140. The number of halogens is 1. The summed E-state index contributed by atoms with van der Waals surface area (Å²) in [7, 11) is 0. The Labute approximate surface area is 100 Å². The maximum atomic E-state index is 13.8. The van der Waals surface area contributed by atoms with E-state index in [9.17, 15) is 14.0 Å². The zero-order valence-electron chi connectivity index (χ0n) is 10.6. The second kappa shape index (κ2) is 4.72. The third-order valence-electron chi connectivity index (χ3n) is 3.22. The zero-order chi connectivity index (χ0) is 13.4. The van der Waals surface area contributed by atoms with Crippen LogP contribution in [0.2, 0.25) is 0 Å². The Hall–Kier alpha value is -0.970. The summed E-state index contributed by atoms with van der Waals surface area (Å²) in [5, 5.41) is 8.85. The molecule has 1 heterocycles. The first-order valence-electron chi connectivity index (χ1n) is 5.66. The fourth-order valence-electron chi connectivity index (χ4n) is 2.58. The van der Waals surface area contributed by atoms with Gasteiger partial charge in [-0.3, -0.25) is 9.59 Å². The van der Waals surface area contributed by atoms with Gasteiger partial charge in [0.25, 0.3) is 0 Å². The number of aliphatic carboxylic acids is 1. The summed E-state index contributed by atoms with van der Waals surface area (Å²) < 4.78 is 18.8. The van der Waals surface area contributed by atoms with Gasteiger partial charge in [-0.05, 0) is 12.3 Å². The minimum Gasteiger partial charge on any atom is -0.481 e. The molecule has 0 aromatic carbocycles. The Morgan fingerprint density at radius 2 is 1.88 bits per heavy atom. The number of carboxylic acids is 1. The summed E-state index contributed by atoms with van der Waals surface area (Å²) >= 11 is 0. The zero-order valence-corrected chi connectivity index (χ0v) is 10.6. The molecule has 1 aliphatic rings. The molecule has 0 radical (unpaired) electrons. The van der Waals surface area contributed by atoms with Crippen molar-refractivity contribution in [2.75, 3.05) is 0 Å². The van der Waals surface area contributed by atoms with E-state index in [1.165, 1.54) is 6.92 Å². The Bertz CT molecular complexity index is 321. The normalized spacial score (nSPS) is 33.7. The van der Waals surface area contributed by atoms with Gasteiger partial charge in [-0.1, -0.05) is 20.8 Å². The molecule has 4 nitrogen and oxygen atoms in total. The number of rotatable bonds is 3. The smallest absolute Gasteiger partial charge is 0.303 e. The van der Waals surface area contributed by atoms with Crippen molar-refractivity contribution in [3.63, 3.8) is 0 Å². The first kappa shape index (κ1) is 14.1. The summed E-state index contributed by atoms with van der Waals surface area (Å²) in [6.45, 7) is 6.78. The molecule has 0 spiro atoms. The molecule has 1 fully saturated rings. The predicted molar refractivity (Wildman–Crippen MR) is 59.1 cm³/mol. The van der Waals surface area contributed by atoms with Crippen LogP contribution in [0.15, 0.2) is 0 Å². The van der Waals surface area contributed by atoms with Gasteiger partial charge in [0, 0.05) is 11.8 Å². The average Bonchev–Trinajstić information content (AvgIpc) is 2.40. The van der Waals surface area contributed by atoms with Crippen LogP contribution in [0.4, 0.5) is 4.39 Å². The fourth-order valence-corrected chi connectivity index (χ4v) is 2.58. The number of carboxylic acid groups (broad SMARTS) is 1. The lowest BCUT2D eigenvalue weighted by Crippen LogP contribution is -2.35. The van der Waals surface area contributed by atoms with Gasteiger partial charge >= 0.3 is 5.97 Å². The number of alkyl halides is 1. The number of carbonyl (C=O) groups is 2. The van der Waals surface area contributed by atoms with Crippen LogP contribution in [-0.2, 0) is 14.3 Å². The van der Waals surface area contributed by atoms with E-state index in [4.69, 9.17) is 9.84 Å². The molecule has 0 aliphatic carbocycles. The van der Waals surface area contributed by atoms with Crippen LogP contribution >= 0.6 is 0 Å². The van der Waals surface area contributed by atoms with E-state index >= 15 is 0 Å². The van der Waals surface area contributed by atoms with Gasteiger partial charge in [-0.2, -0.15) is 0 Å². The monoisotopic (exact) mass is 246 g/mol. The molecule has 1 unspecified atom stereocenters. The molecular weight excluding hydrogens is 227 g/mol. The van der Waals surface area contributed by atoms with E-state index < -0.39 is 35.7 Å². The van der Waals surface area contributed by atoms with Crippen molar-refractivity contribution in [2.45, 2.75) is 46.6 Å². The molecular formula is C12H19FO4. The predicted octanol–water partition coefficient (Wildman–Crippen LogP) is 2.02. The van der Waals surface area contributed by atoms with E-state index in [2.05, 4.69) is 0 Å². The van der Waals surface area contributed by atoms with Gasteiger partial charge in [0.1, 0.15) is 6.10 Å². The van der Waals surface area contributed by atoms with Gasteiger partial charge in [-0.25, -0.2) is 4.39 Å². The van der Waals surface area contributed by atoms with Crippen LogP contribution < -0.4 is 0 Å². The van der Waals surface area contributed by atoms with Crippen LogP contribution in [-0.4, -0.2) is 29.3 Å². The van der Waals surface area contributed by atoms with Crippen LogP contribution in [0.1, 0.15) is 34.1 Å².